The molecule has 0 spiro atoms. The van der Waals surface area contributed by atoms with E-state index in [4.69, 9.17) is 11.6 Å². The van der Waals surface area contributed by atoms with E-state index in [1.54, 1.807) is 12.4 Å². The van der Waals surface area contributed by atoms with Crippen molar-refractivity contribution < 1.29 is 8.42 Å². The van der Waals surface area contributed by atoms with Gasteiger partial charge in [-0.2, -0.15) is 0 Å². The molecule has 1 unspecified atom stereocenters. The van der Waals surface area contributed by atoms with Crippen molar-refractivity contribution in [3.63, 3.8) is 0 Å². The predicted octanol–water partition coefficient (Wildman–Crippen LogP) is 1.69. The van der Waals surface area contributed by atoms with Crippen LogP contribution >= 0.6 is 11.6 Å². The SMILES string of the molecule is CCCNC(Cc1ccncc1Cl)CS(C)(=O)=O. The lowest BCUT2D eigenvalue weighted by Gasteiger charge is -2.18. The third-order valence-electron chi connectivity index (χ3n) is 2.51. The molecule has 0 fully saturated rings. The van der Waals surface area contributed by atoms with Crippen LogP contribution in [-0.2, 0) is 16.3 Å². The van der Waals surface area contributed by atoms with E-state index in [0.717, 1.165) is 18.5 Å². The molecule has 6 heteroatoms. The first-order chi connectivity index (χ1) is 8.42. The predicted molar refractivity (Wildman–Crippen MR) is 74.7 cm³/mol. The van der Waals surface area contributed by atoms with E-state index in [2.05, 4.69) is 10.3 Å². The quantitative estimate of drug-likeness (QED) is 0.830. The number of aromatic nitrogens is 1. The van der Waals surface area contributed by atoms with Crippen molar-refractivity contribution in [1.29, 1.82) is 0 Å². The normalized spacial score (nSPS) is 13.5. The average Bonchev–Trinajstić information content (AvgIpc) is 2.27. The van der Waals surface area contributed by atoms with Gasteiger partial charge in [0.25, 0.3) is 0 Å². The molecule has 0 saturated heterocycles. The fourth-order valence-electron chi connectivity index (χ4n) is 1.74. The van der Waals surface area contributed by atoms with Crippen molar-refractivity contribution in [3.05, 3.63) is 29.0 Å². The first kappa shape index (κ1) is 15.4. The fraction of sp³-hybridized carbons (Fsp3) is 0.583. The van der Waals surface area contributed by atoms with E-state index >= 15 is 0 Å². The molecule has 0 aliphatic heterocycles. The minimum Gasteiger partial charge on any atom is -0.313 e. The maximum Gasteiger partial charge on any atom is 0.148 e. The van der Waals surface area contributed by atoms with Gasteiger partial charge in [-0.1, -0.05) is 18.5 Å². The molecule has 0 aliphatic rings. The van der Waals surface area contributed by atoms with Gasteiger partial charge in [0.05, 0.1) is 10.8 Å². The minimum atomic E-state index is -3.01. The zero-order valence-corrected chi connectivity index (χ0v) is 12.3. The van der Waals surface area contributed by atoms with E-state index in [1.165, 1.54) is 6.26 Å². The largest absolute Gasteiger partial charge is 0.313 e. The summed E-state index contributed by atoms with van der Waals surface area (Å²) in [7, 11) is -3.01. The number of hydrogen-bond donors (Lipinski definition) is 1. The Hall–Kier alpha value is -0.650. The average molecular weight is 291 g/mol. The van der Waals surface area contributed by atoms with Crippen LogP contribution in [-0.4, -0.2) is 38.0 Å². The van der Waals surface area contributed by atoms with Crippen LogP contribution in [0.3, 0.4) is 0 Å². The fourth-order valence-corrected chi connectivity index (χ4v) is 2.90. The van der Waals surface area contributed by atoms with Gasteiger partial charge in [-0.05, 0) is 31.0 Å². The van der Waals surface area contributed by atoms with Crippen LogP contribution in [0.4, 0.5) is 0 Å². The van der Waals surface area contributed by atoms with Crippen LogP contribution in [0.25, 0.3) is 0 Å². The lowest BCUT2D eigenvalue weighted by atomic mass is 10.1. The van der Waals surface area contributed by atoms with Gasteiger partial charge in [0.15, 0.2) is 0 Å². The Morgan fingerprint density at radius 1 is 1.50 bits per heavy atom. The van der Waals surface area contributed by atoms with E-state index in [9.17, 15) is 8.42 Å². The molecule has 1 N–H and O–H groups in total. The maximum absolute atomic E-state index is 11.4. The molecule has 1 aromatic heterocycles. The number of pyridine rings is 1. The topological polar surface area (TPSA) is 59.1 Å². The van der Waals surface area contributed by atoms with Crippen molar-refractivity contribution in [2.75, 3.05) is 18.6 Å². The van der Waals surface area contributed by atoms with Crippen LogP contribution in [0.1, 0.15) is 18.9 Å². The summed E-state index contributed by atoms with van der Waals surface area (Å²) in [6, 6.07) is 1.71. The van der Waals surface area contributed by atoms with Crippen LogP contribution < -0.4 is 5.32 Å². The third kappa shape index (κ3) is 5.80. The number of nitrogens with one attached hydrogen (secondary N) is 1. The standard InChI is InChI=1S/C12H19ClN2O2S/c1-3-5-15-11(9-18(2,16)17)7-10-4-6-14-8-12(10)13/h4,6,8,11,15H,3,5,7,9H2,1-2H3. The second kappa shape index (κ2) is 7.07. The molecule has 0 aromatic carbocycles. The molecular weight excluding hydrogens is 272 g/mol. The van der Waals surface area contributed by atoms with E-state index in [1.807, 2.05) is 13.0 Å². The van der Waals surface area contributed by atoms with E-state index < -0.39 is 9.84 Å². The second-order valence-corrected chi connectivity index (χ2v) is 7.01. The summed E-state index contributed by atoms with van der Waals surface area (Å²) in [6.45, 7) is 2.84. The summed E-state index contributed by atoms with van der Waals surface area (Å²) < 4.78 is 22.8. The Morgan fingerprint density at radius 3 is 2.78 bits per heavy atom. The highest BCUT2D eigenvalue weighted by Crippen LogP contribution is 2.15. The molecule has 18 heavy (non-hydrogen) atoms. The van der Waals surface area contributed by atoms with Gasteiger partial charge in [-0.25, -0.2) is 8.42 Å². The lowest BCUT2D eigenvalue weighted by Crippen LogP contribution is -2.37. The molecule has 0 amide bonds. The highest BCUT2D eigenvalue weighted by atomic mass is 35.5. The second-order valence-electron chi connectivity index (χ2n) is 4.41. The summed E-state index contributed by atoms with van der Waals surface area (Å²) >= 11 is 6.03. The van der Waals surface area contributed by atoms with Crippen molar-refractivity contribution in [2.45, 2.75) is 25.8 Å². The Labute approximate surface area is 114 Å². The highest BCUT2D eigenvalue weighted by Gasteiger charge is 2.16. The van der Waals surface area contributed by atoms with Gasteiger partial charge in [0.1, 0.15) is 9.84 Å². The Kier molecular flexibility index (Phi) is 6.05. The van der Waals surface area contributed by atoms with Gasteiger partial charge in [-0.3, -0.25) is 4.98 Å². The van der Waals surface area contributed by atoms with Gasteiger partial charge in [0.2, 0.25) is 0 Å². The Morgan fingerprint density at radius 2 is 2.22 bits per heavy atom. The molecule has 102 valence electrons. The van der Waals surface area contributed by atoms with Gasteiger partial charge >= 0.3 is 0 Å². The van der Waals surface area contributed by atoms with Gasteiger partial charge in [-0.15, -0.1) is 0 Å². The molecule has 4 nitrogen and oxygen atoms in total. The van der Waals surface area contributed by atoms with Crippen molar-refractivity contribution in [1.82, 2.24) is 10.3 Å². The number of nitrogens with zero attached hydrogens (tertiary/aromatic N) is 1. The van der Waals surface area contributed by atoms with Crippen molar-refractivity contribution >= 4 is 21.4 Å². The lowest BCUT2D eigenvalue weighted by molar-refractivity contribution is 0.530. The number of halogens is 1. The molecular formula is C12H19ClN2O2S. The molecule has 0 bridgehead atoms. The van der Waals surface area contributed by atoms with Crippen LogP contribution in [0.5, 0.6) is 0 Å². The first-order valence-electron chi connectivity index (χ1n) is 5.92. The van der Waals surface area contributed by atoms with E-state index in [-0.39, 0.29) is 11.8 Å². The molecule has 1 rings (SSSR count). The Balaban J connectivity index is 2.75. The first-order valence-corrected chi connectivity index (χ1v) is 8.35. The van der Waals surface area contributed by atoms with Crippen LogP contribution in [0.2, 0.25) is 5.02 Å². The van der Waals surface area contributed by atoms with Crippen LogP contribution in [0, 0.1) is 0 Å². The molecule has 0 saturated carbocycles. The van der Waals surface area contributed by atoms with Crippen molar-refractivity contribution in [3.8, 4) is 0 Å². The monoisotopic (exact) mass is 290 g/mol. The summed E-state index contributed by atoms with van der Waals surface area (Å²) in [4.78, 5) is 3.92. The summed E-state index contributed by atoms with van der Waals surface area (Å²) in [5, 5.41) is 3.82. The molecule has 1 heterocycles. The van der Waals surface area contributed by atoms with E-state index in [0.29, 0.717) is 11.4 Å². The van der Waals surface area contributed by atoms with Crippen molar-refractivity contribution in [2.24, 2.45) is 0 Å². The number of hydrogen-bond acceptors (Lipinski definition) is 4. The number of rotatable bonds is 7. The van der Waals surface area contributed by atoms with Gasteiger partial charge < -0.3 is 5.32 Å². The number of sulfone groups is 1. The Bertz CT molecular complexity index is 477. The van der Waals surface area contributed by atoms with Gasteiger partial charge in [0, 0.05) is 24.7 Å². The van der Waals surface area contributed by atoms with Crippen LogP contribution in [0.15, 0.2) is 18.5 Å². The molecule has 1 atom stereocenters. The molecule has 1 aromatic rings. The zero-order valence-electron chi connectivity index (χ0n) is 10.7. The third-order valence-corrected chi connectivity index (χ3v) is 3.86. The molecule has 0 radical (unpaired) electrons. The summed E-state index contributed by atoms with van der Waals surface area (Å²) in [6.07, 6.45) is 6.05. The molecule has 0 aliphatic carbocycles. The minimum absolute atomic E-state index is 0.111. The summed E-state index contributed by atoms with van der Waals surface area (Å²) in [5.41, 5.74) is 0.920. The summed E-state index contributed by atoms with van der Waals surface area (Å²) in [5.74, 6) is 0.117. The maximum atomic E-state index is 11.4. The smallest absolute Gasteiger partial charge is 0.148 e. The zero-order chi connectivity index (χ0) is 13.6. The highest BCUT2D eigenvalue weighted by molar-refractivity contribution is 7.90.